The molecule has 0 fully saturated rings. The predicted molar refractivity (Wildman–Crippen MR) is 70.3 cm³/mol. The van der Waals surface area contributed by atoms with E-state index in [1.807, 2.05) is 24.9 Å². The first kappa shape index (κ1) is 14.6. The van der Waals surface area contributed by atoms with Crippen LogP contribution in [0.4, 0.5) is 4.39 Å². The number of nitrogens with two attached hydrogens (primary N) is 1. The fraction of sp³-hybridized carbons (Fsp3) is 0.500. The predicted octanol–water partition coefficient (Wildman–Crippen LogP) is 2.45. The Balaban J connectivity index is 2.99. The molecule has 3 nitrogen and oxygen atoms in total. The van der Waals surface area contributed by atoms with E-state index in [1.165, 1.54) is 6.07 Å². The van der Waals surface area contributed by atoms with Crippen molar-refractivity contribution in [2.75, 3.05) is 13.6 Å². The largest absolute Gasteiger partial charge is 0.326 e. The Morgan fingerprint density at radius 2 is 2.11 bits per heavy atom. The number of hydrogen-bond donors (Lipinski definition) is 1. The van der Waals surface area contributed by atoms with Gasteiger partial charge in [-0.2, -0.15) is 5.26 Å². The van der Waals surface area contributed by atoms with Crippen molar-refractivity contribution in [3.05, 3.63) is 35.6 Å². The Labute approximate surface area is 108 Å². The molecular weight excluding hydrogens is 229 g/mol. The van der Waals surface area contributed by atoms with Crippen molar-refractivity contribution >= 4 is 0 Å². The number of halogens is 1. The van der Waals surface area contributed by atoms with Crippen LogP contribution in [-0.2, 0) is 0 Å². The lowest BCUT2D eigenvalue weighted by Gasteiger charge is -2.32. The normalized spacial score (nSPS) is 14.2. The Morgan fingerprint density at radius 1 is 1.44 bits per heavy atom. The molecule has 0 aromatic heterocycles. The van der Waals surface area contributed by atoms with Gasteiger partial charge in [-0.05, 0) is 19.5 Å². The van der Waals surface area contributed by atoms with Crippen molar-refractivity contribution in [2.24, 2.45) is 5.73 Å². The summed E-state index contributed by atoms with van der Waals surface area (Å²) in [7, 11) is 1.88. The van der Waals surface area contributed by atoms with Gasteiger partial charge in [0.2, 0.25) is 0 Å². The van der Waals surface area contributed by atoms with Gasteiger partial charge in [0.15, 0.2) is 0 Å². The summed E-state index contributed by atoms with van der Waals surface area (Å²) in [5, 5.41) is 8.64. The highest BCUT2D eigenvalue weighted by atomic mass is 19.1. The number of nitrogens with zero attached hydrogens (tertiary/aromatic N) is 2. The van der Waals surface area contributed by atoms with E-state index in [4.69, 9.17) is 11.0 Å². The van der Waals surface area contributed by atoms with E-state index >= 15 is 0 Å². The molecule has 0 aliphatic carbocycles. The van der Waals surface area contributed by atoms with Gasteiger partial charge >= 0.3 is 0 Å². The molecule has 0 amide bonds. The molecular formula is C14H20FN3. The first-order valence-electron chi connectivity index (χ1n) is 6.19. The molecule has 0 aliphatic rings. The van der Waals surface area contributed by atoms with Gasteiger partial charge in [0.1, 0.15) is 5.82 Å². The van der Waals surface area contributed by atoms with E-state index in [2.05, 4.69) is 6.07 Å². The molecule has 2 unspecified atom stereocenters. The third-order valence-corrected chi connectivity index (χ3v) is 3.15. The fourth-order valence-corrected chi connectivity index (χ4v) is 2.10. The summed E-state index contributed by atoms with van der Waals surface area (Å²) in [6.45, 7) is 2.57. The number of rotatable bonds is 6. The monoisotopic (exact) mass is 249 g/mol. The van der Waals surface area contributed by atoms with Crippen LogP contribution in [-0.4, -0.2) is 24.5 Å². The van der Waals surface area contributed by atoms with E-state index in [0.717, 1.165) is 6.42 Å². The molecule has 1 rings (SSSR count). The zero-order valence-corrected chi connectivity index (χ0v) is 10.9. The molecule has 98 valence electrons. The quantitative estimate of drug-likeness (QED) is 0.842. The second-order valence-electron chi connectivity index (χ2n) is 4.43. The number of likely N-dealkylation sites (N-methyl/N-ethyl adjacent to an activating group) is 1. The minimum absolute atomic E-state index is 0.148. The second kappa shape index (κ2) is 7.10. The van der Waals surface area contributed by atoms with Crippen LogP contribution in [0.3, 0.4) is 0 Å². The molecule has 2 N–H and O–H groups in total. The first-order chi connectivity index (χ1) is 8.61. The minimum atomic E-state index is -0.241. The van der Waals surface area contributed by atoms with Gasteiger partial charge in [-0.1, -0.05) is 25.1 Å². The molecule has 0 saturated heterocycles. The SMILES string of the molecule is CCC(N)C(c1ccccc1F)N(C)CCC#N. The maximum Gasteiger partial charge on any atom is 0.128 e. The molecule has 0 bridgehead atoms. The zero-order chi connectivity index (χ0) is 13.5. The lowest BCUT2D eigenvalue weighted by Crippen LogP contribution is -2.39. The van der Waals surface area contributed by atoms with Crippen molar-refractivity contribution < 1.29 is 4.39 Å². The molecule has 0 aliphatic heterocycles. The van der Waals surface area contributed by atoms with Crippen LogP contribution >= 0.6 is 0 Å². The van der Waals surface area contributed by atoms with Crippen LogP contribution in [0.15, 0.2) is 24.3 Å². The Morgan fingerprint density at radius 3 is 2.67 bits per heavy atom. The van der Waals surface area contributed by atoms with Crippen molar-refractivity contribution in [1.82, 2.24) is 4.90 Å². The van der Waals surface area contributed by atoms with E-state index in [0.29, 0.717) is 18.5 Å². The van der Waals surface area contributed by atoms with Crippen molar-refractivity contribution in [3.63, 3.8) is 0 Å². The van der Waals surface area contributed by atoms with Crippen LogP contribution < -0.4 is 5.73 Å². The van der Waals surface area contributed by atoms with Crippen LogP contribution in [0.25, 0.3) is 0 Å². The van der Waals surface area contributed by atoms with Crippen LogP contribution in [0.2, 0.25) is 0 Å². The summed E-state index contributed by atoms with van der Waals surface area (Å²) < 4.78 is 13.9. The van der Waals surface area contributed by atoms with E-state index in [-0.39, 0.29) is 17.9 Å². The Hall–Kier alpha value is -1.44. The van der Waals surface area contributed by atoms with Crippen molar-refractivity contribution in [1.29, 1.82) is 5.26 Å². The summed E-state index contributed by atoms with van der Waals surface area (Å²) in [5.74, 6) is -0.241. The molecule has 1 aromatic carbocycles. The fourth-order valence-electron chi connectivity index (χ4n) is 2.10. The van der Waals surface area contributed by atoms with E-state index in [9.17, 15) is 4.39 Å². The lowest BCUT2D eigenvalue weighted by atomic mass is 9.96. The van der Waals surface area contributed by atoms with E-state index < -0.39 is 0 Å². The molecule has 0 saturated carbocycles. The highest BCUT2D eigenvalue weighted by Gasteiger charge is 2.25. The van der Waals surface area contributed by atoms with Crippen LogP contribution in [0.1, 0.15) is 31.4 Å². The number of benzene rings is 1. The molecule has 0 heterocycles. The van der Waals surface area contributed by atoms with Gasteiger partial charge in [0.05, 0.1) is 12.1 Å². The third-order valence-electron chi connectivity index (χ3n) is 3.15. The maximum absolute atomic E-state index is 13.9. The highest BCUT2D eigenvalue weighted by molar-refractivity contribution is 5.22. The number of nitriles is 1. The zero-order valence-electron chi connectivity index (χ0n) is 10.9. The van der Waals surface area contributed by atoms with Gasteiger partial charge in [-0.15, -0.1) is 0 Å². The molecule has 4 heteroatoms. The van der Waals surface area contributed by atoms with Crippen molar-refractivity contribution in [3.8, 4) is 6.07 Å². The van der Waals surface area contributed by atoms with Gasteiger partial charge in [0, 0.05) is 24.6 Å². The molecule has 0 spiro atoms. The maximum atomic E-state index is 13.9. The molecule has 2 atom stereocenters. The summed E-state index contributed by atoms with van der Waals surface area (Å²) in [6.07, 6.45) is 1.17. The Kier molecular flexibility index (Phi) is 5.76. The molecule has 1 aromatic rings. The molecule has 18 heavy (non-hydrogen) atoms. The summed E-state index contributed by atoms with van der Waals surface area (Å²) >= 11 is 0. The molecule has 0 radical (unpaired) electrons. The van der Waals surface area contributed by atoms with Gasteiger partial charge in [-0.3, -0.25) is 4.90 Å². The van der Waals surface area contributed by atoms with Crippen LogP contribution in [0, 0.1) is 17.1 Å². The van der Waals surface area contributed by atoms with Crippen molar-refractivity contribution in [2.45, 2.75) is 31.8 Å². The minimum Gasteiger partial charge on any atom is -0.326 e. The average Bonchev–Trinajstić information content (AvgIpc) is 2.38. The first-order valence-corrected chi connectivity index (χ1v) is 6.19. The smallest absolute Gasteiger partial charge is 0.128 e. The topological polar surface area (TPSA) is 53.0 Å². The lowest BCUT2D eigenvalue weighted by molar-refractivity contribution is 0.209. The number of hydrogen-bond acceptors (Lipinski definition) is 3. The van der Waals surface area contributed by atoms with Crippen LogP contribution in [0.5, 0.6) is 0 Å². The van der Waals surface area contributed by atoms with E-state index in [1.54, 1.807) is 12.1 Å². The standard InChI is InChI=1S/C14H20FN3/c1-3-13(17)14(18(2)10-6-9-16)11-7-4-5-8-12(11)15/h4-5,7-8,13-14H,3,6,10,17H2,1-2H3. The highest BCUT2D eigenvalue weighted by Crippen LogP contribution is 2.26. The Bertz CT molecular complexity index is 414. The summed E-state index contributed by atoms with van der Waals surface area (Å²) in [5.41, 5.74) is 6.70. The average molecular weight is 249 g/mol. The third kappa shape index (κ3) is 3.52. The van der Waals surface area contributed by atoms with Gasteiger partial charge in [-0.25, -0.2) is 4.39 Å². The summed E-state index contributed by atoms with van der Waals surface area (Å²) in [4.78, 5) is 1.95. The second-order valence-corrected chi connectivity index (χ2v) is 4.43. The van der Waals surface area contributed by atoms with Gasteiger partial charge in [0.25, 0.3) is 0 Å². The van der Waals surface area contributed by atoms with Gasteiger partial charge < -0.3 is 5.73 Å². The summed E-state index contributed by atoms with van der Waals surface area (Å²) in [6, 6.07) is 8.45.